The Morgan fingerprint density at radius 3 is 2.50 bits per heavy atom. The number of thioether (sulfide) groups is 1. The van der Waals surface area contributed by atoms with Gasteiger partial charge in [-0.25, -0.2) is 4.98 Å². The summed E-state index contributed by atoms with van der Waals surface area (Å²) in [4.78, 5) is 17.9. The molecule has 1 N–H and O–H groups in total. The fourth-order valence-corrected chi connectivity index (χ4v) is 3.32. The van der Waals surface area contributed by atoms with Crippen molar-refractivity contribution in [3.63, 3.8) is 0 Å². The highest BCUT2D eigenvalue weighted by Crippen LogP contribution is 2.26. The highest BCUT2D eigenvalue weighted by atomic mass is 32.2. The molecule has 0 bridgehead atoms. The van der Waals surface area contributed by atoms with Crippen molar-refractivity contribution in [2.24, 2.45) is 0 Å². The molecule has 120 valence electrons. The fourth-order valence-electron chi connectivity index (χ4n) is 2.31. The highest BCUT2D eigenvalue weighted by Gasteiger charge is 2.12. The number of hydrogen-bond acceptors (Lipinski definition) is 3. The predicted octanol–water partition coefficient (Wildman–Crippen LogP) is 4.93. The molecule has 0 spiro atoms. The van der Waals surface area contributed by atoms with E-state index in [9.17, 15) is 4.79 Å². The van der Waals surface area contributed by atoms with Crippen molar-refractivity contribution in [1.29, 1.82) is 0 Å². The van der Waals surface area contributed by atoms with Gasteiger partial charge in [-0.3, -0.25) is 4.79 Å². The molecule has 0 aliphatic carbocycles. The normalized spacial score (nSPS) is 10.4. The number of hydrogen-bond donors (Lipinski definition) is 1. The number of pyridine rings is 1. The van der Waals surface area contributed by atoms with Crippen LogP contribution in [0.5, 0.6) is 0 Å². The number of amides is 1. The third-order valence-corrected chi connectivity index (χ3v) is 4.64. The first-order valence-corrected chi connectivity index (χ1v) is 8.72. The molecule has 1 amide bonds. The number of benzene rings is 2. The van der Waals surface area contributed by atoms with Crippen molar-refractivity contribution in [3.05, 3.63) is 89.6 Å². The summed E-state index contributed by atoms with van der Waals surface area (Å²) in [5, 5.41) is 2.87. The minimum atomic E-state index is -0.135. The van der Waals surface area contributed by atoms with Crippen LogP contribution in [0.3, 0.4) is 0 Å². The van der Waals surface area contributed by atoms with E-state index in [1.54, 1.807) is 17.8 Å². The van der Waals surface area contributed by atoms with Crippen molar-refractivity contribution in [3.8, 4) is 0 Å². The van der Waals surface area contributed by atoms with E-state index < -0.39 is 0 Å². The van der Waals surface area contributed by atoms with Crippen molar-refractivity contribution in [2.75, 3.05) is 5.32 Å². The molecular formula is C20H18N2OS. The van der Waals surface area contributed by atoms with Crippen molar-refractivity contribution < 1.29 is 4.79 Å². The molecule has 2 aromatic carbocycles. The number of rotatable bonds is 5. The molecule has 24 heavy (non-hydrogen) atoms. The van der Waals surface area contributed by atoms with Crippen LogP contribution in [0.15, 0.2) is 77.7 Å². The monoisotopic (exact) mass is 334 g/mol. The molecule has 1 heterocycles. The van der Waals surface area contributed by atoms with E-state index in [0.717, 1.165) is 16.3 Å². The van der Waals surface area contributed by atoms with Gasteiger partial charge in [0.1, 0.15) is 5.82 Å². The van der Waals surface area contributed by atoms with Gasteiger partial charge in [-0.15, -0.1) is 11.8 Å². The second kappa shape index (κ2) is 7.79. The van der Waals surface area contributed by atoms with Crippen LogP contribution in [0.4, 0.5) is 5.82 Å². The molecule has 0 aliphatic heterocycles. The second-order valence-corrected chi connectivity index (χ2v) is 6.41. The van der Waals surface area contributed by atoms with E-state index in [4.69, 9.17) is 0 Å². The van der Waals surface area contributed by atoms with Crippen molar-refractivity contribution in [2.45, 2.75) is 17.6 Å². The van der Waals surface area contributed by atoms with Crippen LogP contribution >= 0.6 is 11.8 Å². The van der Waals surface area contributed by atoms with Gasteiger partial charge in [-0.05, 0) is 36.8 Å². The number of anilines is 1. The van der Waals surface area contributed by atoms with E-state index in [1.165, 1.54) is 5.56 Å². The second-order valence-electron chi connectivity index (χ2n) is 5.39. The maximum atomic E-state index is 12.6. The van der Waals surface area contributed by atoms with Gasteiger partial charge in [0.15, 0.2) is 0 Å². The minimum Gasteiger partial charge on any atom is -0.307 e. The Bertz CT molecular complexity index is 834. The molecule has 0 radical (unpaired) electrons. The van der Waals surface area contributed by atoms with Gasteiger partial charge in [0, 0.05) is 16.3 Å². The number of carbonyl (C=O) groups excluding carboxylic acids is 1. The summed E-state index contributed by atoms with van der Waals surface area (Å²) in [5.74, 6) is 1.26. The Balaban J connectivity index is 1.74. The summed E-state index contributed by atoms with van der Waals surface area (Å²) < 4.78 is 0. The zero-order chi connectivity index (χ0) is 16.8. The minimum absolute atomic E-state index is 0.135. The van der Waals surface area contributed by atoms with Crippen molar-refractivity contribution >= 4 is 23.5 Å². The van der Waals surface area contributed by atoms with Crippen LogP contribution in [-0.2, 0) is 5.75 Å². The first kappa shape index (κ1) is 16.3. The average molecular weight is 334 g/mol. The van der Waals surface area contributed by atoms with Crippen LogP contribution in [-0.4, -0.2) is 10.9 Å². The molecular weight excluding hydrogens is 316 g/mol. The van der Waals surface area contributed by atoms with Crippen LogP contribution in [0, 0.1) is 6.92 Å². The Morgan fingerprint density at radius 2 is 1.71 bits per heavy atom. The third-order valence-electron chi connectivity index (χ3n) is 3.50. The third kappa shape index (κ3) is 4.24. The van der Waals surface area contributed by atoms with Gasteiger partial charge >= 0.3 is 0 Å². The van der Waals surface area contributed by atoms with E-state index in [2.05, 4.69) is 22.4 Å². The summed E-state index contributed by atoms with van der Waals surface area (Å²) in [6, 6.07) is 23.5. The van der Waals surface area contributed by atoms with E-state index in [1.807, 2.05) is 61.5 Å². The summed E-state index contributed by atoms with van der Waals surface area (Å²) in [6.45, 7) is 1.90. The summed E-state index contributed by atoms with van der Waals surface area (Å²) in [7, 11) is 0. The molecule has 3 aromatic rings. The standard InChI is InChI=1S/C20H18N2OS/c1-15-8-7-13-19(21-15)22-20(23)17-11-5-6-12-18(17)24-14-16-9-3-2-4-10-16/h2-13H,14H2,1H3,(H,21,22,23). The Hall–Kier alpha value is -2.59. The van der Waals surface area contributed by atoms with Gasteiger partial charge in [0.25, 0.3) is 5.91 Å². The molecule has 0 saturated carbocycles. The molecule has 3 nitrogen and oxygen atoms in total. The lowest BCUT2D eigenvalue weighted by Gasteiger charge is -2.10. The summed E-state index contributed by atoms with van der Waals surface area (Å²) in [5.41, 5.74) is 2.78. The Morgan fingerprint density at radius 1 is 0.958 bits per heavy atom. The number of nitrogens with one attached hydrogen (secondary N) is 1. The van der Waals surface area contributed by atoms with Crippen molar-refractivity contribution in [1.82, 2.24) is 4.98 Å². The smallest absolute Gasteiger partial charge is 0.257 e. The maximum Gasteiger partial charge on any atom is 0.257 e. The number of nitrogens with zero attached hydrogens (tertiary/aromatic N) is 1. The quantitative estimate of drug-likeness (QED) is 0.672. The van der Waals surface area contributed by atoms with Crippen LogP contribution < -0.4 is 5.32 Å². The predicted molar refractivity (Wildman–Crippen MR) is 99.4 cm³/mol. The lowest BCUT2D eigenvalue weighted by Crippen LogP contribution is -2.14. The molecule has 0 unspecified atom stereocenters. The highest BCUT2D eigenvalue weighted by molar-refractivity contribution is 7.98. The first-order chi connectivity index (χ1) is 11.7. The van der Waals surface area contributed by atoms with E-state index >= 15 is 0 Å². The summed E-state index contributed by atoms with van der Waals surface area (Å²) >= 11 is 1.66. The van der Waals surface area contributed by atoms with Gasteiger partial charge in [0.2, 0.25) is 0 Å². The largest absolute Gasteiger partial charge is 0.307 e. The maximum absolute atomic E-state index is 12.6. The lowest BCUT2D eigenvalue weighted by atomic mass is 10.2. The van der Waals surface area contributed by atoms with Gasteiger partial charge in [0.05, 0.1) is 5.56 Å². The molecule has 0 aliphatic rings. The molecule has 0 saturated heterocycles. The number of carbonyl (C=O) groups is 1. The lowest BCUT2D eigenvalue weighted by molar-refractivity contribution is 0.102. The van der Waals surface area contributed by atoms with Gasteiger partial charge in [-0.2, -0.15) is 0 Å². The topological polar surface area (TPSA) is 42.0 Å². The zero-order valence-corrected chi connectivity index (χ0v) is 14.2. The molecule has 0 fully saturated rings. The molecule has 1 aromatic heterocycles. The summed E-state index contributed by atoms with van der Waals surface area (Å²) in [6.07, 6.45) is 0. The van der Waals surface area contributed by atoms with Crippen LogP contribution in [0.25, 0.3) is 0 Å². The van der Waals surface area contributed by atoms with Crippen LogP contribution in [0.1, 0.15) is 21.6 Å². The zero-order valence-electron chi connectivity index (χ0n) is 13.4. The average Bonchev–Trinajstić information content (AvgIpc) is 2.61. The van der Waals surface area contributed by atoms with Crippen LogP contribution in [0.2, 0.25) is 0 Å². The molecule has 3 rings (SSSR count). The Labute approximate surface area is 146 Å². The van der Waals surface area contributed by atoms with E-state index in [-0.39, 0.29) is 5.91 Å². The molecule has 4 heteroatoms. The first-order valence-electron chi connectivity index (χ1n) is 7.73. The number of aryl methyl sites for hydroxylation is 1. The van der Waals surface area contributed by atoms with Gasteiger partial charge in [-0.1, -0.05) is 48.5 Å². The van der Waals surface area contributed by atoms with Gasteiger partial charge < -0.3 is 5.32 Å². The molecule has 0 atom stereocenters. The fraction of sp³-hybridized carbons (Fsp3) is 0.100. The van der Waals surface area contributed by atoms with E-state index in [0.29, 0.717) is 11.4 Å². The SMILES string of the molecule is Cc1cccc(NC(=O)c2ccccc2SCc2ccccc2)n1. The number of aromatic nitrogens is 1. The Kier molecular flexibility index (Phi) is 5.29.